The number of hydrogen-bond donors (Lipinski definition) is 1. The minimum absolute atomic E-state index is 0.0259. The summed E-state index contributed by atoms with van der Waals surface area (Å²) in [5, 5.41) is 20.9. The van der Waals surface area contributed by atoms with Gasteiger partial charge in [-0.15, -0.1) is 0 Å². The van der Waals surface area contributed by atoms with E-state index in [1.807, 2.05) is 0 Å². The number of aromatic hydroxyl groups is 1. The number of rotatable bonds is 3. The van der Waals surface area contributed by atoms with Crippen molar-refractivity contribution in [1.29, 1.82) is 0 Å². The second kappa shape index (κ2) is 4.65. The minimum Gasteiger partial charge on any atom is -0.618 e. The molecule has 0 aliphatic carbocycles. The lowest BCUT2D eigenvalue weighted by molar-refractivity contribution is -0.613. The molecule has 0 atom stereocenters. The number of aromatic nitrogens is 1. The Labute approximate surface area is 98.4 Å². The predicted octanol–water partition coefficient (Wildman–Crippen LogP) is 1.45. The van der Waals surface area contributed by atoms with Crippen LogP contribution in [0.15, 0.2) is 48.7 Å². The molecule has 1 heterocycles. The largest absolute Gasteiger partial charge is 0.618 e. The van der Waals surface area contributed by atoms with Crippen molar-refractivity contribution in [2.45, 2.75) is 6.42 Å². The highest BCUT2D eigenvalue weighted by Crippen LogP contribution is 2.17. The van der Waals surface area contributed by atoms with Crippen LogP contribution < -0.4 is 4.73 Å². The molecule has 17 heavy (non-hydrogen) atoms. The van der Waals surface area contributed by atoms with Crippen LogP contribution in [0.3, 0.4) is 0 Å². The van der Waals surface area contributed by atoms with E-state index in [0.717, 1.165) is 0 Å². The first-order valence-corrected chi connectivity index (χ1v) is 5.17. The number of ketones is 1. The summed E-state index contributed by atoms with van der Waals surface area (Å²) in [4.78, 5) is 11.9. The Balaban J connectivity index is 2.24. The Bertz CT molecular complexity index is 552. The van der Waals surface area contributed by atoms with Gasteiger partial charge in [0.15, 0.2) is 12.0 Å². The van der Waals surface area contributed by atoms with Gasteiger partial charge in [-0.25, -0.2) is 0 Å². The van der Waals surface area contributed by atoms with Crippen molar-refractivity contribution >= 4 is 5.78 Å². The Morgan fingerprint density at radius 1 is 1.18 bits per heavy atom. The molecule has 0 spiro atoms. The fourth-order valence-electron chi connectivity index (χ4n) is 1.57. The van der Waals surface area contributed by atoms with Crippen molar-refractivity contribution in [2.24, 2.45) is 0 Å². The second-order valence-electron chi connectivity index (χ2n) is 3.63. The zero-order valence-corrected chi connectivity index (χ0v) is 9.04. The molecule has 0 saturated carbocycles. The summed E-state index contributed by atoms with van der Waals surface area (Å²) in [5.41, 5.74) is 0.595. The SMILES string of the molecule is O=C(Cc1cccc[n+]1[O-])c1ccccc1O. The van der Waals surface area contributed by atoms with Crippen LogP contribution in [0.1, 0.15) is 16.1 Å². The minimum atomic E-state index is -0.279. The molecular formula is C13H11NO3. The number of phenolic OH excluding ortho intramolecular Hbond substituents is 1. The molecule has 0 amide bonds. The Morgan fingerprint density at radius 2 is 1.88 bits per heavy atom. The fourth-order valence-corrected chi connectivity index (χ4v) is 1.57. The van der Waals surface area contributed by atoms with Gasteiger partial charge in [0.1, 0.15) is 5.75 Å². The Hall–Kier alpha value is -2.36. The maximum absolute atomic E-state index is 11.9. The van der Waals surface area contributed by atoms with Gasteiger partial charge in [-0.05, 0) is 18.2 Å². The van der Waals surface area contributed by atoms with Crippen molar-refractivity contribution < 1.29 is 14.6 Å². The van der Waals surface area contributed by atoms with E-state index in [9.17, 15) is 15.1 Å². The van der Waals surface area contributed by atoms with Gasteiger partial charge in [0, 0.05) is 12.1 Å². The maximum Gasteiger partial charge on any atom is 0.200 e. The molecule has 1 aromatic heterocycles. The van der Waals surface area contributed by atoms with Gasteiger partial charge in [-0.2, -0.15) is 4.73 Å². The smallest absolute Gasteiger partial charge is 0.200 e. The topological polar surface area (TPSA) is 64.2 Å². The summed E-state index contributed by atoms with van der Waals surface area (Å²) in [6.45, 7) is 0. The van der Waals surface area contributed by atoms with Gasteiger partial charge in [-0.1, -0.05) is 12.1 Å². The standard InChI is InChI=1S/C13H11NO3/c15-12-7-2-1-6-11(12)13(16)9-10-5-3-4-8-14(10)17/h1-8,15H,9H2. The van der Waals surface area contributed by atoms with E-state index in [-0.39, 0.29) is 23.5 Å². The van der Waals surface area contributed by atoms with Crippen LogP contribution in [0, 0.1) is 5.21 Å². The highest BCUT2D eigenvalue weighted by molar-refractivity contribution is 5.99. The zero-order valence-electron chi connectivity index (χ0n) is 9.04. The molecule has 2 rings (SSSR count). The molecule has 0 aliphatic heterocycles. The second-order valence-corrected chi connectivity index (χ2v) is 3.63. The molecular weight excluding hydrogens is 218 g/mol. The van der Waals surface area contributed by atoms with Gasteiger partial charge in [-0.3, -0.25) is 4.79 Å². The number of carbonyl (C=O) groups is 1. The summed E-state index contributed by atoms with van der Waals surface area (Å²) in [5.74, 6) is -0.343. The molecule has 4 heteroatoms. The van der Waals surface area contributed by atoms with E-state index < -0.39 is 0 Å². The molecule has 86 valence electrons. The molecule has 1 N–H and O–H groups in total. The van der Waals surface area contributed by atoms with E-state index in [1.54, 1.807) is 30.3 Å². The van der Waals surface area contributed by atoms with Crippen LogP contribution >= 0.6 is 0 Å². The molecule has 0 unspecified atom stereocenters. The lowest BCUT2D eigenvalue weighted by atomic mass is 10.1. The quantitative estimate of drug-likeness (QED) is 0.492. The number of nitrogens with zero attached hydrogens (tertiary/aromatic N) is 1. The van der Waals surface area contributed by atoms with Crippen molar-refractivity contribution in [1.82, 2.24) is 0 Å². The van der Waals surface area contributed by atoms with Gasteiger partial charge >= 0.3 is 0 Å². The summed E-state index contributed by atoms with van der Waals surface area (Å²) in [6, 6.07) is 11.2. The Morgan fingerprint density at radius 3 is 2.59 bits per heavy atom. The van der Waals surface area contributed by atoms with Crippen molar-refractivity contribution in [2.75, 3.05) is 0 Å². The van der Waals surface area contributed by atoms with Crippen LogP contribution in [0.5, 0.6) is 5.75 Å². The van der Waals surface area contributed by atoms with Crippen molar-refractivity contribution in [3.05, 3.63) is 65.1 Å². The molecule has 0 aliphatic rings. The van der Waals surface area contributed by atoms with Crippen LogP contribution in [0.2, 0.25) is 0 Å². The first-order valence-electron chi connectivity index (χ1n) is 5.17. The number of hydrogen-bond acceptors (Lipinski definition) is 3. The molecule has 0 radical (unpaired) electrons. The van der Waals surface area contributed by atoms with Crippen LogP contribution in [-0.4, -0.2) is 10.9 Å². The van der Waals surface area contributed by atoms with Crippen molar-refractivity contribution in [3.63, 3.8) is 0 Å². The number of Topliss-reactive ketones (excluding diaryl/α,β-unsaturated/α-hetero) is 1. The van der Waals surface area contributed by atoms with Gasteiger partial charge in [0.05, 0.1) is 12.0 Å². The summed E-state index contributed by atoms with van der Waals surface area (Å²) in [7, 11) is 0. The average molecular weight is 229 g/mol. The van der Waals surface area contributed by atoms with E-state index in [4.69, 9.17) is 0 Å². The molecule has 0 saturated heterocycles. The Kier molecular flexibility index (Phi) is 3.05. The highest BCUT2D eigenvalue weighted by atomic mass is 16.5. The van der Waals surface area contributed by atoms with Gasteiger partial charge in [0.2, 0.25) is 5.69 Å². The normalized spacial score (nSPS) is 10.1. The number of phenols is 1. The third-order valence-electron chi connectivity index (χ3n) is 2.45. The van der Waals surface area contributed by atoms with Crippen LogP contribution in [-0.2, 0) is 6.42 Å². The monoisotopic (exact) mass is 229 g/mol. The molecule has 0 fully saturated rings. The predicted molar refractivity (Wildman–Crippen MR) is 61.5 cm³/mol. The third kappa shape index (κ3) is 2.42. The first kappa shape index (κ1) is 11.1. The number of carbonyl (C=O) groups excluding carboxylic acids is 1. The highest BCUT2D eigenvalue weighted by Gasteiger charge is 2.15. The summed E-state index contributed by atoms with van der Waals surface area (Å²) < 4.78 is 0.651. The van der Waals surface area contributed by atoms with Crippen LogP contribution in [0.4, 0.5) is 0 Å². The van der Waals surface area contributed by atoms with Gasteiger partial charge < -0.3 is 10.3 Å². The van der Waals surface area contributed by atoms with Gasteiger partial charge in [0.25, 0.3) is 0 Å². The lowest BCUT2D eigenvalue weighted by Crippen LogP contribution is -2.32. The lowest BCUT2D eigenvalue weighted by Gasteiger charge is -2.04. The number of para-hydroxylation sites is 1. The van der Waals surface area contributed by atoms with E-state index >= 15 is 0 Å². The molecule has 4 nitrogen and oxygen atoms in total. The summed E-state index contributed by atoms with van der Waals surface area (Å²) >= 11 is 0. The number of pyridine rings is 1. The zero-order chi connectivity index (χ0) is 12.3. The molecule has 0 bridgehead atoms. The van der Waals surface area contributed by atoms with Crippen molar-refractivity contribution in [3.8, 4) is 5.75 Å². The third-order valence-corrected chi connectivity index (χ3v) is 2.45. The average Bonchev–Trinajstić information content (AvgIpc) is 2.32. The van der Waals surface area contributed by atoms with Crippen LogP contribution in [0.25, 0.3) is 0 Å². The van der Waals surface area contributed by atoms with E-state index in [1.165, 1.54) is 18.3 Å². The molecule has 1 aromatic carbocycles. The first-order chi connectivity index (χ1) is 8.18. The fraction of sp³-hybridized carbons (Fsp3) is 0.0769. The molecule has 2 aromatic rings. The summed E-state index contributed by atoms with van der Waals surface area (Å²) in [6.07, 6.45) is 1.31. The van der Waals surface area contributed by atoms with E-state index in [0.29, 0.717) is 10.4 Å². The van der Waals surface area contributed by atoms with E-state index in [2.05, 4.69) is 0 Å². The maximum atomic E-state index is 11.9. The number of benzene rings is 1.